The van der Waals surface area contributed by atoms with E-state index in [4.69, 9.17) is 4.74 Å². The molecule has 0 fully saturated rings. The molecule has 2 aromatic heterocycles. The van der Waals surface area contributed by atoms with Gasteiger partial charge in [-0.05, 0) is 32.0 Å². The number of halogens is 6. The maximum atomic E-state index is 13.1. The lowest BCUT2D eigenvalue weighted by Gasteiger charge is -2.13. The highest BCUT2D eigenvalue weighted by atomic mass is 19.4. The number of alkyl halides is 6. The van der Waals surface area contributed by atoms with Gasteiger partial charge in [0, 0.05) is 29.7 Å². The number of nitrogens with zero attached hydrogens (tertiary/aromatic N) is 5. The van der Waals surface area contributed by atoms with Crippen LogP contribution in [0.1, 0.15) is 30.5 Å². The van der Waals surface area contributed by atoms with Crippen LogP contribution >= 0.6 is 0 Å². The van der Waals surface area contributed by atoms with E-state index in [9.17, 15) is 31.1 Å². The average molecular weight is 471 g/mol. The third-order valence-electron chi connectivity index (χ3n) is 4.05. The van der Waals surface area contributed by atoms with Gasteiger partial charge < -0.3 is 4.74 Å². The van der Waals surface area contributed by atoms with E-state index < -0.39 is 46.9 Å². The van der Waals surface area contributed by atoms with E-state index >= 15 is 0 Å². The molecule has 0 spiro atoms. The first kappa shape index (κ1) is 23.9. The van der Waals surface area contributed by atoms with Crippen LogP contribution in [0.3, 0.4) is 0 Å². The van der Waals surface area contributed by atoms with Crippen LogP contribution in [0.15, 0.2) is 43.2 Å². The first-order valence-electron chi connectivity index (χ1n) is 9.24. The van der Waals surface area contributed by atoms with E-state index in [1.165, 1.54) is 18.7 Å². The molecule has 3 rings (SSSR count). The van der Waals surface area contributed by atoms with Crippen molar-refractivity contribution in [3.8, 4) is 11.4 Å². The third kappa shape index (κ3) is 5.93. The standard InChI is InChI=1S/C20H15F6N5O2/c1-11(2)33-18(32)16(13-6-27-9-28-7-13)8-31-10-29-17(30-31)12-3-14(19(21,22)23)5-15(4-12)20(24,25)26/h3-11H,1-2H3/b16-8-. The Morgan fingerprint density at radius 3 is 2.09 bits per heavy atom. The normalized spacial score (nSPS) is 12.8. The van der Waals surface area contributed by atoms with Crippen molar-refractivity contribution >= 4 is 17.7 Å². The summed E-state index contributed by atoms with van der Waals surface area (Å²) in [5, 5.41) is 3.90. The van der Waals surface area contributed by atoms with Crippen LogP contribution in [0.4, 0.5) is 26.3 Å². The summed E-state index contributed by atoms with van der Waals surface area (Å²) in [5.74, 6) is -1.18. The van der Waals surface area contributed by atoms with Crippen molar-refractivity contribution in [3.05, 3.63) is 59.9 Å². The van der Waals surface area contributed by atoms with Gasteiger partial charge in [0.2, 0.25) is 0 Å². The molecule has 0 saturated heterocycles. The van der Waals surface area contributed by atoms with Gasteiger partial charge >= 0.3 is 18.3 Å². The molecule has 0 radical (unpaired) electrons. The van der Waals surface area contributed by atoms with Gasteiger partial charge in [-0.1, -0.05) is 0 Å². The van der Waals surface area contributed by atoms with Crippen LogP contribution in [-0.4, -0.2) is 36.8 Å². The smallest absolute Gasteiger partial charge is 0.416 e. The fourth-order valence-electron chi connectivity index (χ4n) is 2.65. The third-order valence-corrected chi connectivity index (χ3v) is 4.05. The van der Waals surface area contributed by atoms with Crippen molar-refractivity contribution < 1.29 is 35.9 Å². The van der Waals surface area contributed by atoms with E-state index in [0.717, 1.165) is 17.2 Å². The lowest BCUT2D eigenvalue weighted by atomic mass is 10.0. The second-order valence-corrected chi connectivity index (χ2v) is 6.97. The van der Waals surface area contributed by atoms with Crippen LogP contribution in [0.25, 0.3) is 23.2 Å². The zero-order valence-corrected chi connectivity index (χ0v) is 17.0. The van der Waals surface area contributed by atoms with Crippen molar-refractivity contribution in [2.45, 2.75) is 32.3 Å². The molecule has 174 valence electrons. The molecule has 7 nitrogen and oxygen atoms in total. The van der Waals surface area contributed by atoms with E-state index in [2.05, 4.69) is 20.1 Å². The van der Waals surface area contributed by atoms with Gasteiger partial charge in [0.25, 0.3) is 0 Å². The van der Waals surface area contributed by atoms with Gasteiger partial charge in [-0.25, -0.2) is 24.4 Å². The molecule has 0 unspecified atom stereocenters. The topological polar surface area (TPSA) is 82.8 Å². The first-order valence-corrected chi connectivity index (χ1v) is 9.24. The molecule has 0 aliphatic carbocycles. The summed E-state index contributed by atoms with van der Waals surface area (Å²) < 4.78 is 84.9. The number of benzene rings is 1. The molecule has 0 saturated carbocycles. The number of aromatic nitrogens is 5. The quantitative estimate of drug-likeness (QED) is 0.304. The Bertz CT molecular complexity index is 1140. The number of hydrogen-bond acceptors (Lipinski definition) is 6. The maximum Gasteiger partial charge on any atom is 0.416 e. The summed E-state index contributed by atoms with van der Waals surface area (Å²) in [6, 6.07) is 1.03. The van der Waals surface area contributed by atoms with Crippen LogP contribution in [0.5, 0.6) is 0 Å². The molecule has 0 atom stereocenters. The van der Waals surface area contributed by atoms with Gasteiger partial charge in [-0.3, -0.25) is 0 Å². The Labute approximate surface area is 182 Å². The zero-order valence-electron chi connectivity index (χ0n) is 17.0. The maximum absolute atomic E-state index is 13.1. The van der Waals surface area contributed by atoms with Crippen LogP contribution < -0.4 is 0 Å². The van der Waals surface area contributed by atoms with Crippen LogP contribution in [0, 0.1) is 0 Å². The number of carbonyl (C=O) groups is 1. The predicted octanol–water partition coefficient (Wildman–Crippen LogP) is 4.72. The molecule has 13 heteroatoms. The molecule has 0 amide bonds. The van der Waals surface area contributed by atoms with Crippen molar-refractivity contribution in [1.82, 2.24) is 24.7 Å². The molecule has 0 N–H and O–H groups in total. The highest BCUT2D eigenvalue weighted by Crippen LogP contribution is 2.38. The lowest BCUT2D eigenvalue weighted by Crippen LogP contribution is -2.14. The Morgan fingerprint density at radius 1 is 1.00 bits per heavy atom. The Balaban J connectivity index is 2.06. The van der Waals surface area contributed by atoms with E-state index in [0.29, 0.717) is 12.1 Å². The van der Waals surface area contributed by atoms with Crippen molar-refractivity contribution in [2.24, 2.45) is 0 Å². The highest BCUT2D eigenvalue weighted by molar-refractivity contribution is 6.20. The number of hydrogen-bond donors (Lipinski definition) is 0. The zero-order chi connectivity index (χ0) is 24.4. The summed E-state index contributed by atoms with van der Waals surface area (Å²) in [6.07, 6.45) is -4.45. The second kappa shape index (κ2) is 9.00. The van der Waals surface area contributed by atoms with Gasteiger partial charge in [0.05, 0.1) is 22.8 Å². The summed E-state index contributed by atoms with van der Waals surface area (Å²) in [5.41, 5.74) is -3.30. The number of carbonyl (C=O) groups excluding carboxylic acids is 1. The second-order valence-electron chi connectivity index (χ2n) is 6.97. The highest BCUT2D eigenvalue weighted by Gasteiger charge is 2.37. The number of ether oxygens (including phenoxy) is 1. The lowest BCUT2D eigenvalue weighted by molar-refractivity contribution is -0.143. The average Bonchev–Trinajstić information content (AvgIpc) is 3.19. The minimum atomic E-state index is -5.01. The molecule has 0 bridgehead atoms. The molecule has 0 aliphatic heterocycles. The SMILES string of the molecule is CC(C)OC(=O)/C(=C\n1cnc(-c2cc(C(F)(F)F)cc(C(F)(F)F)c2)n1)c1cncnc1. The van der Waals surface area contributed by atoms with Crippen molar-refractivity contribution in [3.63, 3.8) is 0 Å². The van der Waals surface area contributed by atoms with E-state index in [-0.39, 0.29) is 17.2 Å². The Morgan fingerprint density at radius 2 is 1.58 bits per heavy atom. The van der Waals surface area contributed by atoms with Gasteiger partial charge in [-0.15, -0.1) is 5.10 Å². The number of rotatable bonds is 5. The molecule has 0 aliphatic rings. The van der Waals surface area contributed by atoms with Crippen molar-refractivity contribution in [2.75, 3.05) is 0 Å². The molecule has 1 aromatic carbocycles. The minimum absolute atomic E-state index is 0.00975. The first-order chi connectivity index (χ1) is 15.3. The molecular weight excluding hydrogens is 456 g/mol. The Hall–Kier alpha value is -3.77. The summed E-state index contributed by atoms with van der Waals surface area (Å²) in [6.45, 7) is 3.24. The summed E-state index contributed by atoms with van der Waals surface area (Å²) in [7, 11) is 0. The predicted molar refractivity (Wildman–Crippen MR) is 103 cm³/mol. The largest absolute Gasteiger partial charge is 0.459 e. The van der Waals surface area contributed by atoms with Crippen LogP contribution in [0.2, 0.25) is 0 Å². The molecular formula is C20H15F6N5O2. The van der Waals surface area contributed by atoms with Crippen molar-refractivity contribution in [1.29, 1.82) is 0 Å². The molecule has 33 heavy (non-hydrogen) atoms. The monoisotopic (exact) mass is 471 g/mol. The molecule has 2 heterocycles. The van der Waals surface area contributed by atoms with E-state index in [1.807, 2.05) is 0 Å². The molecule has 3 aromatic rings. The number of esters is 1. The summed E-state index contributed by atoms with van der Waals surface area (Å²) in [4.78, 5) is 23.9. The van der Waals surface area contributed by atoms with E-state index in [1.54, 1.807) is 13.8 Å². The summed E-state index contributed by atoms with van der Waals surface area (Å²) >= 11 is 0. The van der Waals surface area contributed by atoms with Gasteiger partial charge in [-0.2, -0.15) is 26.3 Å². The van der Waals surface area contributed by atoms with Crippen LogP contribution in [-0.2, 0) is 21.9 Å². The fraction of sp³-hybridized carbons (Fsp3) is 0.250. The minimum Gasteiger partial charge on any atom is -0.459 e. The van der Waals surface area contributed by atoms with Gasteiger partial charge in [0.1, 0.15) is 12.7 Å². The Kier molecular flexibility index (Phi) is 6.51. The fourth-order valence-corrected chi connectivity index (χ4v) is 2.65. The van der Waals surface area contributed by atoms with Gasteiger partial charge in [0.15, 0.2) is 5.82 Å².